The SMILES string of the molecule is CC(C)c1n[nH]c(=S)n1C1CCN2CCCCC12. The van der Waals surface area contributed by atoms with Crippen LogP contribution in [0.5, 0.6) is 0 Å². The first kappa shape index (κ1) is 12.4. The molecule has 3 heterocycles. The predicted octanol–water partition coefficient (Wildman–Crippen LogP) is 2.86. The maximum Gasteiger partial charge on any atom is 0.195 e. The molecule has 18 heavy (non-hydrogen) atoms. The van der Waals surface area contributed by atoms with Gasteiger partial charge in [0.05, 0.1) is 6.04 Å². The zero-order chi connectivity index (χ0) is 12.7. The van der Waals surface area contributed by atoms with E-state index < -0.39 is 0 Å². The monoisotopic (exact) mass is 266 g/mol. The number of aromatic amines is 1. The molecule has 0 saturated carbocycles. The van der Waals surface area contributed by atoms with Crippen LogP contribution in [0.3, 0.4) is 0 Å². The summed E-state index contributed by atoms with van der Waals surface area (Å²) in [5.41, 5.74) is 0. The Morgan fingerprint density at radius 2 is 2.06 bits per heavy atom. The van der Waals surface area contributed by atoms with Gasteiger partial charge < -0.3 is 0 Å². The maximum atomic E-state index is 5.45. The van der Waals surface area contributed by atoms with Crippen molar-refractivity contribution in [3.05, 3.63) is 10.6 Å². The number of nitrogens with one attached hydrogen (secondary N) is 1. The van der Waals surface area contributed by atoms with Crippen LogP contribution < -0.4 is 0 Å². The van der Waals surface area contributed by atoms with Crippen LogP contribution in [-0.4, -0.2) is 38.8 Å². The summed E-state index contributed by atoms with van der Waals surface area (Å²) in [5, 5.41) is 7.41. The number of H-pyrrole nitrogens is 1. The molecule has 0 spiro atoms. The standard InChI is InChI=1S/C13H22N4S/c1-9(2)12-14-15-13(18)17(12)11-6-8-16-7-4-3-5-10(11)16/h9-11H,3-8H2,1-2H3,(H,15,18). The molecule has 2 aliphatic rings. The van der Waals surface area contributed by atoms with Gasteiger partial charge >= 0.3 is 0 Å². The second kappa shape index (κ2) is 4.78. The van der Waals surface area contributed by atoms with Crippen molar-refractivity contribution in [2.75, 3.05) is 13.1 Å². The number of fused-ring (bicyclic) bond motifs is 1. The number of hydrogen-bond donors (Lipinski definition) is 1. The van der Waals surface area contributed by atoms with Crippen LogP contribution in [0.2, 0.25) is 0 Å². The Kier molecular flexibility index (Phi) is 3.28. The van der Waals surface area contributed by atoms with Gasteiger partial charge in [0.25, 0.3) is 0 Å². The van der Waals surface area contributed by atoms with E-state index in [1.807, 2.05) is 0 Å². The molecular formula is C13H22N4S. The lowest BCUT2D eigenvalue weighted by Gasteiger charge is -2.33. The van der Waals surface area contributed by atoms with Gasteiger partial charge in [-0.15, -0.1) is 0 Å². The summed E-state index contributed by atoms with van der Waals surface area (Å²) in [5.74, 6) is 1.55. The predicted molar refractivity (Wildman–Crippen MR) is 74.4 cm³/mol. The lowest BCUT2D eigenvalue weighted by atomic mass is 9.98. The normalized spacial score (nSPS) is 28.8. The van der Waals surface area contributed by atoms with Gasteiger partial charge in [0, 0.05) is 18.5 Å². The number of hydrogen-bond acceptors (Lipinski definition) is 3. The van der Waals surface area contributed by atoms with Gasteiger partial charge in [-0.3, -0.25) is 14.6 Å². The van der Waals surface area contributed by atoms with Gasteiger partial charge in [-0.05, 0) is 38.0 Å². The Hall–Kier alpha value is -0.680. The second-order valence-electron chi connectivity index (χ2n) is 5.87. The highest BCUT2D eigenvalue weighted by Gasteiger charge is 2.38. The molecule has 2 fully saturated rings. The van der Waals surface area contributed by atoms with Crippen LogP contribution in [0.1, 0.15) is 57.3 Å². The van der Waals surface area contributed by atoms with Crippen LogP contribution in [0.25, 0.3) is 0 Å². The quantitative estimate of drug-likeness (QED) is 0.836. The molecule has 3 rings (SSSR count). The number of rotatable bonds is 2. The molecule has 2 unspecified atom stereocenters. The first-order valence-electron chi connectivity index (χ1n) is 7.09. The van der Waals surface area contributed by atoms with Crippen molar-refractivity contribution in [1.82, 2.24) is 19.7 Å². The summed E-state index contributed by atoms with van der Waals surface area (Å²) in [6, 6.07) is 1.22. The van der Waals surface area contributed by atoms with Gasteiger partial charge in [-0.2, -0.15) is 5.10 Å². The molecule has 0 radical (unpaired) electrons. The van der Waals surface area contributed by atoms with Crippen molar-refractivity contribution in [2.45, 2.75) is 57.5 Å². The average Bonchev–Trinajstić information content (AvgIpc) is 2.92. The number of aromatic nitrogens is 3. The Balaban J connectivity index is 1.95. The smallest absolute Gasteiger partial charge is 0.195 e. The highest BCUT2D eigenvalue weighted by molar-refractivity contribution is 7.71. The molecule has 5 heteroatoms. The first-order chi connectivity index (χ1) is 8.68. The number of nitrogens with zero attached hydrogens (tertiary/aromatic N) is 3. The third-order valence-corrected chi connectivity index (χ3v) is 4.69. The fourth-order valence-electron chi connectivity index (χ4n) is 3.57. The summed E-state index contributed by atoms with van der Waals surface area (Å²) >= 11 is 5.45. The minimum Gasteiger partial charge on any atom is -0.299 e. The van der Waals surface area contributed by atoms with Crippen molar-refractivity contribution >= 4 is 12.2 Å². The van der Waals surface area contributed by atoms with Crippen LogP contribution in [0, 0.1) is 4.77 Å². The van der Waals surface area contributed by atoms with E-state index in [2.05, 4.69) is 33.5 Å². The van der Waals surface area contributed by atoms with Crippen molar-refractivity contribution in [3.8, 4) is 0 Å². The molecule has 100 valence electrons. The van der Waals surface area contributed by atoms with Crippen molar-refractivity contribution in [2.24, 2.45) is 0 Å². The van der Waals surface area contributed by atoms with E-state index in [9.17, 15) is 0 Å². The van der Waals surface area contributed by atoms with Crippen LogP contribution in [0.4, 0.5) is 0 Å². The minimum absolute atomic E-state index is 0.426. The van der Waals surface area contributed by atoms with E-state index >= 15 is 0 Å². The van der Waals surface area contributed by atoms with E-state index in [4.69, 9.17) is 12.2 Å². The Morgan fingerprint density at radius 1 is 1.22 bits per heavy atom. The topological polar surface area (TPSA) is 36.9 Å². The van der Waals surface area contributed by atoms with E-state index in [-0.39, 0.29) is 0 Å². The molecule has 0 aromatic carbocycles. The molecule has 2 aliphatic heterocycles. The van der Waals surface area contributed by atoms with Crippen LogP contribution in [0.15, 0.2) is 0 Å². The zero-order valence-corrected chi connectivity index (χ0v) is 12.0. The average molecular weight is 266 g/mol. The van der Waals surface area contributed by atoms with E-state index in [0.29, 0.717) is 18.0 Å². The highest BCUT2D eigenvalue weighted by Crippen LogP contribution is 2.36. The molecule has 4 nitrogen and oxygen atoms in total. The summed E-state index contributed by atoms with van der Waals surface area (Å²) in [7, 11) is 0. The van der Waals surface area contributed by atoms with Gasteiger partial charge in [0.1, 0.15) is 5.82 Å². The summed E-state index contributed by atoms with van der Waals surface area (Å²) in [4.78, 5) is 2.65. The zero-order valence-electron chi connectivity index (χ0n) is 11.2. The summed E-state index contributed by atoms with van der Waals surface area (Å²) in [6.07, 6.45) is 5.25. The van der Waals surface area contributed by atoms with Gasteiger partial charge in [0.2, 0.25) is 0 Å². The van der Waals surface area contributed by atoms with Crippen molar-refractivity contribution in [1.29, 1.82) is 0 Å². The molecule has 2 saturated heterocycles. The maximum absolute atomic E-state index is 5.45. The fourth-order valence-corrected chi connectivity index (χ4v) is 3.84. The largest absolute Gasteiger partial charge is 0.299 e. The third kappa shape index (κ3) is 1.93. The second-order valence-corrected chi connectivity index (χ2v) is 6.25. The highest BCUT2D eigenvalue weighted by atomic mass is 32.1. The summed E-state index contributed by atoms with van der Waals surface area (Å²) in [6.45, 7) is 6.87. The lowest BCUT2D eigenvalue weighted by molar-refractivity contribution is 0.171. The van der Waals surface area contributed by atoms with Gasteiger partial charge in [-0.25, -0.2) is 0 Å². The summed E-state index contributed by atoms with van der Waals surface area (Å²) < 4.78 is 3.10. The molecule has 0 amide bonds. The van der Waals surface area contributed by atoms with Crippen LogP contribution in [-0.2, 0) is 0 Å². The first-order valence-corrected chi connectivity index (χ1v) is 7.50. The molecular weight excluding hydrogens is 244 g/mol. The Morgan fingerprint density at radius 3 is 2.83 bits per heavy atom. The third-order valence-electron chi connectivity index (χ3n) is 4.40. The molecule has 2 atom stereocenters. The Labute approximate surface area is 113 Å². The Bertz CT molecular complexity index is 476. The molecule has 1 N–H and O–H groups in total. The van der Waals surface area contributed by atoms with E-state index in [1.165, 1.54) is 38.8 Å². The molecule has 0 bridgehead atoms. The van der Waals surface area contributed by atoms with Gasteiger partial charge in [-0.1, -0.05) is 20.3 Å². The van der Waals surface area contributed by atoms with E-state index in [1.54, 1.807) is 0 Å². The van der Waals surface area contributed by atoms with E-state index in [0.717, 1.165) is 10.6 Å². The fraction of sp³-hybridized carbons (Fsp3) is 0.846. The molecule has 1 aromatic heterocycles. The molecule has 1 aromatic rings. The van der Waals surface area contributed by atoms with Crippen molar-refractivity contribution < 1.29 is 0 Å². The number of piperidine rings is 1. The minimum atomic E-state index is 0.426. The molecule has 0 aliphatic carbocycles. The van der Waals surface area contributed by atoms with Gasteiger partial charge in [0.15, 0.2) is 4.77 Å². The lowest BCUT2D eigenvalue weighted by Crippen LogP contribution is -2.38. The van der Waals surface area contributed by atoms with Crippen molar-refractivity contribution in [3.63, 3.8) is 0 Å². The van der Waals surface area contributed by atoms with Crippen LogP contribution >= 0.6 is 12.2 Å².